The van der Waals surface area contributed by atoms with Crippen LogP contribution < -0.4 is 5.32 Å². The highest BCUT2D eigenvalue weighted by Crippen LogP contribution is 2.32. The molecule has 28 heavy (non-hydrogen) atoms. The van der Waals surface area contributed by atoms with Crippen molar-refractivity contribution in [1.82, 2.24) is 9.97 Å². The molecule has 2 aromatic heterocycles. The third-order valence-corrected chi connectivity index (χ3v) is 5.27. The number of aromatic nitrogens is 2. The molecule has 140 valence electrons. The Morgan fingerprint density at radius 1 is 1.11 bits per heavy atom. The quantitative estimate of drug-likeness (QED) is 0.374. The van der Waals surface area contributed by atoms with Crippen LogP contribution in [-0.4, -0.2) is 20.8 Å². The van der Waals surface area contributed by atoms with Crippen LogP contribution in [0.5, 0.6) is 0 Å². The van der Waals surface area contributed by atoms with Gasteiger partial charge in [-0.3, -0.25) is 14.9 Å². The Kier molecular flexibility index (Phi) is 4.40. The molecular weight excluding hydrogens is 376 g/mol. The number of hydrogen-bond acceptors (Lipinski definition) is 5. The van der Waals surface area contributed by atoms with Gasteiger partial charge in [-0.05, 0) is 61.4 Å². The van der Waals surface area contributed by atoms with Crippen LogP contribution in [0, 0.1) is 24.0 Å². The number of amides is 1. The number of hydrogen-bond donors (Lipinski definition) is 2. The van der Waals surface area contributed by atoms with Crippen LogP contribution in [0.1, 0.15) is 21.5 Å². The Morgan fingerprint density at radius 3 is 2.54 bits per heavy atom. The van der Waals surface area contributed by atoms with Crippen LogP contribution in [0.4, 0.5) is 10.7 Å². The maximum atomic E-state index is 12.6. The van der Waals surface area contributed by atoms with E-state index in [1.165, 1.54) is 6.07 Å². The average molecular weight is 392 g/mol. The molecule has 0 atom stereocenters. The van der Waals surface area contributed by atoms with E-state index in [0.29, 0.717) is 27.3 Å². The maximum absolute atomic E-state index is 12.6. The maximum Gasteiger partial charge on any atom is 0.324 e. The number of thiophene rings is 1. The summed E-state index contributed by atoms with van der Waals surface area (Å²) in [7, 11) is 0. The third kappa shape index (κ3) is 3.49. The summed E-state index contributed by atoms with van der Waals surface area (Å²) >= 11 is 1.05. The van der Waals surface area contributed by atoms with Crippen molar-refractivity contribution in [2.75, 3.05) is 5.32 Å². The van der Waals surface area contributed by atoms with Crippen molar-refractivity contribution in [2.45, 2.75) is 13.8 Å². The summed E-state index contributed by atoms with van der Waals surface area (Å²) in [5.41, 5.74) is 4.79. The van der Waals surface area contributed by atoms with E-state index in [-0.39, 0.29) is 10.9 Å². The van der Waals surface area contributed by atoms with Gasteiger partial charge in [0.1, 0.15) is 5.82 Å². The van der Waals surface area contributed by atoms with Crippen LogP contribution in [0.15, 0.2) is 48.5 Å². The van der Waals surface area contributed by atoms with E-state index in [4.69, 9.17) is 0 Å². The smallest absolute Gasteiger partial charge is 0.324 e. The Bertz CT molecular complexity index is 1210. The number of benzene rings is 2. The second kappa shape index (κ2) is 6.90. The first-order chi connectivity index (χ1) is 13.4. The normalized spacial score (nSPS) is 10.9. The predicted octanol–water partition coefficient (Wildman–Crippen LogP) is 5.07. The molecule has 4 aromatic rings. The van der Waals surface area contributed by atoms with Crippen molar-refractivity contribution in [3.8, 4) is 10.7 Å². The van der Waals surface area contributed by atoms with Crippen molar-refractivity contribution in [3.05, 3.63) is 75.3 Å². The van der Waals surface area contributed by atoms with E-state index < -0.39 is 4.92 Å². The summed E-state index contributed by atoms with van der Waals surface area (Å²) < 4.78 is 0. The Labute approximate surface area is 164 Å². The van der Waals surface area contributed by atoms with Crippen LogP contribution in [-0.2, 0) is 0 Å². The number of nitro groups is 1. The molecule has 0 unspecified atom stereocenters. The Morgan fingerprint density at radius 2 is 1.86 bits per heavy atom. The lowest BCUT2D eigenvalue weighted by molar-refractivity contribution is -0.380. The fraction of sp³-hybridized carbons (Fsp3) is 0.100. The molecule has 0 aliphatic heterocycles. The minimum Gasteiger partial charge on any atom is -0.337 e. The minimum atomic E-state index is -0.424. The summed E-state index contributed by atoms with van der Waals surface area (Å²) in [6, 6.07) is 14.2. The molecule has 0 saturated carbocycles. The van der Waals surface area contributed by atoms with Gasteiger partial charge in [0.15, 0.2) is 0 Å². The van der Waals surface area contributed by atoms with Crippen molar-refractivity contribution in [2.24, 2.45) is 0 Å². The highest BCUT2D eigenvalue weighted by atomic mass is 32.1. The van der Waals surface area contributed by atoms with Gasteiger partial charge in [-0.15, -0.1) is 0 Å². The molecule has 7 nitrogen and oxygen atoms in total. The van der Waals surface area contributed by atoms with E-state index in [2.05, 4.69) is 15.3 Å². The molecule has 2 aromatic carbocycles. The number of carbonyl (C=O) groups is 1. The van der Waals surface area contributed by atoms with E-state index in [1.807, 2.05) is 32.0 Å². The molecule has 2 heterocycles. The predicted molar refractivity (Wildman–Crippen MR) is 110 cm³/mol. The first-order valence-electron chi connectivity index (χ1n) is 8.53. The lowest BCUT2D eigenvalue weighted by Gasteiger charge is -2.07. The summed E-state index contributed by atoms with van der Waals surface area (Å²) in [5.74, 6) is 0.328. The lowest BCUT2D eigenvalue weighted by Crippen LogP contribution is -2.12. The highest BCUT2D eigenvalue weighted by molar-refractivity contribution is 7.18. The number of nitrogens with zero attached hydrogens (tertiary/aromatic N) is 2. The van der Waals surface area contributed by atoms with Crippen molar-refractivity contribution >= 4 is 39.0 Å². The first-order valence-corrected chi connectivity index (χ1v) is 9.35. The summed E-state index contributed by atoms with van der Waals surface area (Å²) in [6.45, 7) is 3.96. The SMILES string of the molecule is Cc1cc(C)cc(NC(=O)c2ccc3nc(-c4ccc([N+](=O)[O-])s4)[nH]c3c2)c1. The Balaban J connectivity index is 1.62. The second-order valence-electron chi connectivity index (χ2n) is 6.54. The molecule has 4 rings (SSSR count). The van der Waals surface area contributed by atoms with E-state index >= 15 is 0 Å². The number of anilines is 1. The zero-order valence-electron chi connectivity index (χ0n) is 15.1. The van der Waals surface area contributed by atoms with Gasteiger partial charge in [0.25, 0.3) is 5.91 Å². The van der Waals surface area contributed by atoms with Gasteiger partial charge in [0, 0.05) is 17.3 Å². The molecule has 0 saturated heterocycles. The third-order valence-electron chi connectivity index (χ3n) is 4.23. The van der Waals surface area contributed by atoms with Gasteiger partial charge < -0.3 is 10.3 Å². The van der Waals surface area contributed by atoms with Crippen molar-refractivity contribution in [1.29, 1.82) is 0 Å². The number of imidazole rings is 1. The summed E-state index contributed by atoms with van der Waals surface area (Å²) in [5, 5.41) is 13.8. The van der Waals surface area contributed by atoms with Crippen LogP contribution in [0.3, 0.4) is 0 Å². The van der Waals surface area contributed by atoms with Gasteiger partial charge in [-0.1, -0.05) is 17.4 Å². The number of aromatic amines is 1. The summed E-state index contributed by atoms with van der Waals surface area (Å²) in [4.78, 5) is 31.3. The topological polar surface area (TPSA) is 101 Å². The molecule has 0 aliphatic rings. The average Bonchev–Trinajstić information content (AvgIpc) is 3.27. The molecular formula is C20H16N4O3S. The molecule has 0 spiro atoms. The molecule has 8 heteroatoms. The molecule has 1 amide bonds. The largest absolute Gasteiger partial charge is 0.337 e. The zero-order chi connectivity index (χ0) is 19.8. The zero-order valence-corrected chi connectivity index (χ0v) is 16.0. The number of carbonyl (C=O) groups excluding carboxylic acids is 1. The van der Waals surface area contributed by atoms with E-state index in [0.717, 1.165) is 28.2 Å². The number of H-pyrrole nitrogens is 1. The molecule has 0 aliphatic carbocycles. The standard InChI is InChI=1S/C20H16N4O3S/c1-11-7-12(2)9-14(8-11)21-20(25)13-3-4-15-16(10-13)23-19(22-15)17-5-6-18(28-17)24(26)27/h3-10H,1-2H3,(H,21,25)(H,22,23). The fourth-order valence-electron chi connectivity index (χ4n) is 3.07. The molecule has 0 fully saturated rings. The summed E-state index contributed by atoms with van der Waals surface area (Å²) in [6.07, 6.45) is 0. The highest BCUT2D eigenvalue weighted by Gasteiger charge is 2.15. The first kappa shape index (κ1) is 17.9. The van der Waals surface area contributed by atoms with Crippen molar-refractivity contribution in [3.63, 3.8) is 0 Å². The van der Waals surface area contributed by atoms with Gasteiger partial charge in [0.05, 0.1) is 20.8 Å². The minimum absolute atomic E-state index is 0.0592. The second-order valence-corrected chi connectivity index (χ2v) is 7.61. The van der Waals surface area contributed by atoms with Crippen molar-refractivity contribution < 1.29 is 9.72 Å². The van der Waals surface area contributed by atoms with Gasteiger partial charge in [0.2, 0.25) is 0 Å². The van der Waals surface area contributed by atoms with Gasteiger partial charge in [-0.25, -0.2) is 4.98 Å². The molecule has 0 radical (unpaired) electrons. The number of nitrogens with one attached hydrogen (secondary N) is 2. The fourth-order valence-corrected chi connectivity index (χ4v) is 3.84. The van der Waals surface area contributed by atoms with Gasteiger partial charge in [-0.2, -0.15) is 0 Å². The van der Waals surface area contributed by atoms with Gasteiger partial charge >= 0.3 is 5.00 Å². The van der Waals surface area contributed by atoms with E-state index in [1.54, 1.807) is 24.3 Å². The number of aryl methyl sites for hydroxylation is 2. The lowest BCUT2D eigenvalue weighted by atomic mass is 10.1. The van der Waals surface area contributed by atoms with Crippen LogP contribution >= 0.6 is 11.3 Å². The molecule has 2 N–H and O–H groups in total. The number of rotatable bonds is 4. The van der Waals surface area contributed by atoms with E-state index in [9.17, 15) is 14.9 Å². The Hall–Kier alpha value is -3.52. The number of fused-ring (bicyclic) bond motifs is 1. The monoisotopic (exact) mass is 392 g/mol. The van der Waals surface area contributed by atoms with Crippen LogP contribution in [0.25, 0.3) is 21.7 Å². The molecule has 0 bridgehead atoms. The van der Waals surface area contributed by atoms with Crippen LogP contribution in [0.2, 0.25) is 0 Å².